The van der Waals surface area contributed by atoms with E-state index in [-0.39, 0.29) is 5.91 Å². The van der Waals surface area contributed by atoms with Crippen LogP contribution in [0.5, 0.6) is 0 Å². The second kappa shape index (κ2) is 4.92. The molecule has 1 heterocycles. The lowest BCUT2D eigenvalue weighted by molar-refractivity contribution is 0.0744. The molecule has 1 amide bonds. The highest BCUT2D eigenvalue weighted by Gasteiger charge is 2.33. The van der Waals surface area contributed by atoms with Gasteiger partial charge in [-0.05, 0) is 25.3 Å². The quantitative estimate of drug-likeness (QED) is 0.838. The zero-order valence-electron chi connectivity index (χ0n) is 9.82. The predicted molar refractivity (Wildman–Crippen MR) is 68.0 cm³/mol. The Morgan fingerprint density at radius 3 is 2.94 bits per heavy atom. The van der Waals surface area contributed by atoms with E-state index in [4.69, 9.17) is 17.3 Å². The molecule has 0 bridgehead atoms. The number of halogens is 1. The molecule has 0 atom stereocenters. The summed E-state index contributed by atoms with van der Waals surface area (Å²) in [6.07, 6.45) is 4.56. The van der Waals surface area contributed by atoms with Crippen molar-refractivity contribution >= 4 is 23.2 Å². The second-order valence-corrected chi connectivity index (χ2v) is 4.71. The van der Waals surface area contributed by atoms with Gasteiger partial charge in [0.05, 0.1) is 17.4 Å². The Bertz CT molecular complexity index is 432. The van der Waals surface area contributed by atoms with E-state index in [0.717, 1.165) is 25.8 Å². The normalized spacial score (nSPS) is 14.7. The van der Waals surface area contributed by atoms with Gasteiger partial charge < -0.3 is 10.6 Å². The summed E-state index contributed by atoms with van der Waals surface area (Å²) < 4.78 is 0. The minimum atomic E-state index is -0.0313. The summed E-state index contributed by atoms with van der Waals surface area (Å²) in [7, 11) is 0. The maximum Gasteiger partial charge on any atom is 0.256 e. The van der Waals surface area contributed by atoms with Gasteiger partial charge in [0.15, 0.2) is 0 Å². The number of nitrogens with zero attached hydrogens (tertiary/aromatic N) is 2. The third-order valence-corrected chi connectivity index (χ3v) is 3.05. The lowest BCUT2D eigenvalue weighted by atomic mass is 10.2. The Morgan fingerprint density at radius 2 is 2.35 bits per heavy atom. The molecule has 1 aromatic rings. The molecule has 4 nitrogen and oxygen atoms in total. The highest BCUT2D eigenvalue weighted by Crippen LogP contribution is 2.29. The number of anilines is 1. The fourth-order valence-corrected chi connectivity index (χ4v) is 2.02. The number of rotatable bonds is 4. The first-order valence-corrected chi connectivity index (χ1v) is 6.23. The first kappa shape index (κ1) is 12.2. The topological polar surface area (TPSA) is 59.2 Å². The number of hydrogen-bond donors (Lipinski definition) is 1. The van der Waals surface area contributed by atoms with Crippen molar-refractivity contribution in [3.05, 3.63) is 23.0 Å². The van der Waals surface area contributed by atoms with E-state index >= 15 is 0 Å². The van der Waals surface area contributed by atoms with E-state index in [1.807, 2.05) is 4.90 Å². The average molecular weight is 254 g/mol. The van der Waals surface area contributed by atoms with Crippen LogP contribution in [0.15, 0.2) is 12.3 Å². The number of nitrogens with two attached hydrogens (primary N) is 1. The summed E-state index contributed by atoms with van der Waals surface area (Å²) >= 11 is 5.80. The van der Waals surface area contributed by atoms with Gasteiger partial charge >= 0.3 is 0 Å². The van der Waals surface area contributed by atoms with E-state index in [9.17, 15) is 4.79 Å². The first-order valence-electron chi connectivity index (χ1n) is 5.85. The van der Waals surface area contributed by atoms with Crippen LogP contribution in [0.25, 0.3) is 0 Å². The number of carbonyl (C=O) groups excluding carboxylic acids is 1. The SMILES string of the molecule is CCCN(C(=O)c1cc(Cl)ncc1N)C1CC1. The van der Waals surface area contributed by atoms with Gasteiger partial charge in [-0.25, -0.2) is 4.98 Å². The molecule has 17 heavy (non-hydrogen) atoms. The van der Waals surface area contributed by atoms with Gasteiger partial charge in [-0.1, -0.05) is 18.5 Å². The van der Waals surface area contributed by atoms with Crippen LogP contribution in [0.4, 0.5) is 5.69 Å². The van der Waals surface area contributed by atoms with Crippen molar-refractivity contribution in [3.63, 3.8) is 0 Å². The van der Waals surface area contributed by atoms with Crippen molar-refractivity contribution in [1.82, 2.24) is 9.88 Å². The molecule has 0 spiro atoms. The number of aromatic nitrogens is 1. The average Bonchev–Trinajstić information content (AvgIpc) is 3.12. The van der Waals surface area contributed by atoms with E-state index < -0.39 is 0 Å². The van der Waals surface area contributed by atoms with Gasteiger partial charge in [0.1, 0.15) is 5.15 Å². The maximum absolute atomic E-state index is 12.3. The third-order valence-electron chi connectivity index (χ3n) is 2.84. The predicted octanol–water partition coefficient (Wildman–Crippen LogP) is 2.33. The summed E-state index contributed by atoms with van der Waals surface area (Å²) in [6, 6.07) is 1.93. The van der Waals surface area contributed by atoms with Crippen LogP contribution in [0.1, 0.15) is 36.5 Å². The monoisotopic (exact) mass is 253 g/mol. The molecular formula is C12H16ClN3O. The van der Waals surface area contributed by atoms with Crippen LogP contribution in [-0.4, -0.2) is 28.4 Å². The molecule has 0 aromatic carbocycles. The van der Waals surface area contributed by atoms with Crippen LogP contribution < -0.4 is 5.73 Å². The fourth-order valence-electron chi connectivity index (χ4n) is 1.86. The van der Waals surface area contributed by atoms with E-state index in [1.165, 1.54) is 6.20 Å². The highest BCUT2D eigenvalue weighted by molar-refractivity contribution is 6.29. The van der Waals surface area contributed by atoms with Gasteiger partial charge in [-0.2, -0.15) is 0 Å². The Kier molecular flexibility index (Phi) is 3.52. The van der Waals surface area contributed by atoms with Crippen molar-refractivity contribution in [2.45, 2.75) is 32.2 Å². The summed E-state index contributed by atoms with van der Waals surface area (Å²) in [5.74, 6) is -0.0313. The first-order chi connectivity index (χ1) is 8.13. The summed E-state index contributed by atoms with van der Waals surface area (Å²) in [4.78, 5) is 18.1. The molecule has 5 heteroatoms. The van der Waals surface area contributed by atoms with Gasteiger partial charge in [-0.3, -0.25) is 4.79 Å². The molecule has 1 saturated carbocycles. The zero-order chi connectivity index (χ0) is 12.4. The molecule has 1 aliphatic rings. The Balaban J connectivity index is 2.24. The summed E-state index contributed by atoms with van der Waals surface area (Å²) in [6.45, 7) is 2.83. The van der Waals surface area contributed by atoms with Crippen LogP contribution in [0.3, 0.4) is 0 Å². The van der Waals surface area contributed by atoms with E-state index in [2.05, 4.69) is 11.9 Å². The second-order valence-electron chi connectivity index (χ2n) is 4.32. The van der Waals surface area contributed by atoms with Gasteiger partial charge in [0.25, 0.3) is 5.91 Å². The molecular weight excluding hydrogens is 238 g/mol. The lowest BCUT2D eigenvalue weighted by Gasteiger charge is -2.22. The van der Waals surface area contributed by atoms with E-state index in [0.29, 0.717) is 22.4 Å². The van der Waals surface area contributed by atoms with Crippen LogP contribution in [-0.2, 0) is 0 Å². The molecule has 2 rings (SSSR count). The summed E-state index contributed by atoms with van der Waals surface area (Å²) in [5.41, 5.74) is 6.63. The summed E-state index contributed by atoms with van der Waals surface area (Å²) in [5, 5.41) is 0.301. The van der Waals surface area contributed by atoms with Crippen LogP contribution in [0, 0.1) is 0 Å². The van der Waals surface area contributed by atoms with E-state index in [1.54, 1.807) is 6.07 Å². The van der Waals surface area contributed by atoms with Crippen molar-refractivity contribution < 1.29 is 4.79 Å². The Hall–Kier alpha value is -1.29. The molecule has 0 radical (unpaired) electrons. The molecule has 92 valence electrons. The fraction of sp³-hybridized carbons (Fsp3) is 0.500. The molecule has 0 saturated heterocycles. The van der Waals surface area contributed by atoms with Crippen molar-refractivity contribution in [1.29, 1.82) is 0 Å². The molecule has 1 fully saturated rings. The largest absolute Gasteiger partial charge is 0.397 e. The smallest absolute Gasteiger partial charge is 0.256 e. The zero-order valence-corrected chi connectivity index (χ0v) is 10.6. The van der Waals surface area contributed by atoms with Crippen LogP contribution in [0.2, 0.25) is 5.15 Å². The minimum absolute atomic E-state index is 0.0313. The molecule has 0 unspecified atom stereocenters. The standard InChI is InChI=1S/C12H16ClN3O/c1-2-5-16(8-3-4-8)12(17)9-6-11(13)15-7-10(9)14/h6-8H,2-5,14H2,1H3. The number of amides is 1. The van der Waals surface area contributed by atoms with Gasteiger partial charge in [-0.15, -0.1) is 0 Å². The molecule has 1 aromatic heterocycles. The number of pyridine rings is 1. The number of hydrogen-bond acceptors (Lipinski definition) is 3. The third kappa shape index (κ3) is 2.69. The number of nitrogen functional groups attached to an aromatic ring is 1. The van der Waals surface area contributed by atoms with Crippen molar-refractivity contribution in [2.75, 3.05) is 12.3 Å². The Labute approximate surface area is 106 Å². The minimum Gasteiger partial charge on any atom is -0.397 e. The Morgan fingerprint density at radius 1 is 1.65 bits per heavy atom. The van der Waals surface area contributed by atoms with Gasteiger partial charge in [0.2, 0.25) is 0 Å². The molecule has 2 N–H and O–H groups in total. The van der Waals surface area contributed by atoms with Crippen LogP contribution >= 0.6 is 11.6 Å². The van der Waals surface area contributed by atoms with Gasteiger partial charge in [0, 0.05) is 12.6 Å². The molecule has 1 aliphatic carbocycles. The highest BCUT2D eigenvalue weighted by atomic mass is 35.5. The lowest BCUT2D eigenvalue weighted by Crippen LogP contribution is -2.34. The van der Waals surface area contributed by atoms with Crippen molar-refractivity contribution in [3.8, 4) is 0 Å². The molecule has 0 aliphatic heterocycles. The number of carbonyl (C=O) groups is 1. The van der Waals surface area contributed by atoms with Crippen molar-refractivity contribution in [2.24, 2.45) is 0 Å². The maximum atomic E-state index is 12.3.